The number of hydrogen-bond donors (Lipinski definition) is 0. The molecule has 0 atom stereocenters. The van der Waals surface area contributed by atoms with Gasteiger partial charge in [0.05, 0.1) is 31.9 Å². The number of likely N-dealkylation sites (tertiary alicyclic amines) is 1. The summed E-state index contributed by atoms with van der Waals surface area (Å²) in [6.45, 7) is 8.88. The van der Waals surface area contributed by atoms with Crippen LogP contribution in [0.2, 0.25) is 0 Å². The van der Waals surface area contributed by atoms with E-state index in [9.17, 15) is 14.0 Å². The summed E-state index contributed by atoms with van der Waals surface area (Å²) >= 11 is 0. The highest BCUT2D eigenvalue weighted by molar-refractivity contribution is 5.79. The zero-order valence-corrected chi connectivity index (χ0v) is 28.4. The van der Waals surface area contributed by atoms with E-state index in [1.807, 2.05) is 23.0 Å². The van der Waals surface area contributed by atoms with Gasteiger partial charge in [-0.2, -0.15) is 0 Å². The van der Waals surface area contributed by atoms with Gasteiger partial charge in [0.15, 0.2) is 5.58 Å². The van der Waals surface area contributed by atoms with Crippen LogP contribution in [0.4, 0.5) is 4.39 Å². The van der Waals surface area contributed by atoms with Gasteiger partial charge in [-0.25, -0.2) is 14.4 Å². The summed E-state index contributed by atoms with van der Waals surface area (Å²) in [6.07, 6.45) is 9.06. The van der Waals surface area contributed by atoms with Crippen molar-refractivity contribution in [3.63, 3.8) is 0 Å². The third-order valence-electron chi connectivity index (χ3n) is 10.6. The average molecular weight is 729 g/mol. The number of fused-ring (bicyclic) bond motifs is 3. The van der Waals surface area contributed by atoms with Gasteiger partial charge < -0.3 is 33.0 Å². The molecule has 6 heterocycles. The van der Waals surface area contributed by atoms with Gasteiger partial charge >= 0.3 is 0 Å². The van der Waals surface area contributed by atoms with Crippen molar-refractivity contribution in [1.82, 2.24) is 24.3 Å². The fraction of sp³-hybridized carbons (Fsp3) is 0.559. The maximum absolute atomic E-state index is 13.8. The number of nitrogens with zero attached hydrogens (tertiary/aromatic N) is 6. The maximum atomic E-state index is 13.8. The Balaban J connectivity index is 0.00000357. The van der Waals surface area contributed by atoms with Crippen LogP contribution < -0.4 is 35.1 Å². The molecule has 45 heavy (non-hydrogen) atoms. The molecule has 11 heteroatoms. The third-order valence-corrected chi connectivity index (χ3v) is 10.6. The molecule has 0 unspecified atom stereocenters. The van der Waals surface area contributed by atoms with Crippen LogP contribution in [0.15, 0.2) is 32.3 Å². The Bertz CT molecular complexity index is 1750. The highest BCUT2D eigenvalue weighted by Crippen LogP contribution is 2.35. The summed E-state index contributed by atoms with van der Waals surface area (Å²) in [4.78, 5) is 36.9. The molecule has 3 aliphatic heterocycles. The van der Waals surface area contributed by atoms with E-state index in [1.54, 1.807) is 6.07 Å². The maximum Gasteiger partial charge on any atom is 0.257 e. The van der Waals surface area contributed by atoms with E-state index < -0.39 is 0 Å². The van der Waals surface area contributed by atoms with Crippen molar-refractivity contribution in [2.24, 2.45) is 0 Å². The molecule has 1 fully saturated rings. The Morgan fingerprint density at radius 3 is 1.98 bits per heavy atom. The molecule has 1 saturated heterocycles. The fourth-order valence-corrected chi connectivity index (χ4v) is 7.91. The minimum atomic E-state index is -0.328. The van der Waals surface area contributed by atoms with Gasteiger partial charge in [-0.05, 0) is 51.7 Å². The van der Waals surface area contributed by atoms with Crippen LogP contribution in [-0.2, 0) is 38.8 Å². The van der Waals surface area contributed by atoms with Crippen LogP contribution in [-0.4, -0.2) is 54.9 Å². The summed E-state index contributed by atoms with van der Waals surface area (Å²) in [6, 6.07) is 4.63. The van der Waals surface area contributed by atoms with Gasteiger partial charge in [-0.15, -0.1) is 0 Å². The van der Waals surface area contributed by atoms with E-state index in [4.69, 9.17) is 14.5 Å². The molecule has 0 N–H and O–H groups in total. The molecular weight excluding hydrogens is 686 g/mol. The van der Waals surface area contributed by atoms with Crippen molar-refractivity contribution in [3.05, 3.63) is 84.6 Å². The van der Waals surface area contributed by atoms with Gasteiger partial charge in [-0.3, -0.25) is 18.7 Å². The van der Waals surface area contributed by atoms with E-state index in [1.165, 1.54) is 12.1 Å². The third kappa shape index (κ3) is 6.14. The minimum Gasteiger partial charge on any atom is -1.00 e. The van der Waals surface area contributed by atoms with Gasteiger partial charge in [0.1, 0.15) is 17.5 Å². The fourth-order valence-electron chi connectivity index (χ4n) is 7.91. The molecule has 0 spiro atoms. The Hall–Kier alpha value is -2.93. The van der Waals surface area contributed by atoms with Crippen molar-refractivity contribution in [1.29, 1.82) is 0 Å². The molecule has 0 amide bonds. The normalized spacial score (nSPS) is 17.9. The molecule has 1 aromatic carbocycles. The molecule has 9 nitrogen and oxygen atoms in total. The molecule has 240 valence electrons. The highest BCUT2D eigenvalue weighted by atomic mass is 127. The quantitative estimate of drug-likeness (QED) is 0.212. The van der Waals surface area contributed by atoms with Crippen molar-refractivity contribution in [2.75, 3.05) is 26.2 Å². The topological polar surface area (TPSA) is 95.8 Å². The second kappa shape index (κ2) is 13.1. The predicted octanol–water partition coefficient (Wildman–Crippen LogP) is 1.55. The van der Waals surface area contributed by atoms with Gasteiger partial charge in [0, 0.05) is 91.5 Å². The standard InChI is InChI=1S/C34H42FN6O3.HI/c1-22-26(33(42)39-15-5-3-7-30(39)36-22)13-19-41(20-14-27-23(2)37-31-8-4-6-16-40(31)34(27)43)17-11-24(12-18-41)32-28-10-9-25(35)21-29(28)44-38-32;/h9-10,21,24H,3-8,11-20H2,1-2H3;1H/q+1;/p-1. The van der Waals surface area contributed by atoms with E-state index in [-0.39, 0.29) is 46.8 Å². The van der Waals surface area contributed by atoms with Crippen molar-refractivity contribution >= 4 is 11.0 Å². The van der Waals surface area contributed by atoms with Crippen molar-refractivity contribution < 1.29 is 37.4 Å². The number of halogens is 2. The number of aryl methyl sites for hydroxylation is 4. The van der Waals surface area contributed by atoms with Gasteiger partial charge in [0.25, 0.3) is 11.1 Å². The van der Waals surface area contributed by atoms with Crippen molar-refractivity contribution in [2.45, 2.75) is 97.1 Å². The van der Waals surface area contributed by atoms with Crippen LogP contribution in [0, 0.1) is 19.7 Å². The lowest BCUT2D eigenvalue weighted by Crippen LogP contribution is -3.00. The van der Waals surface area contributed by atoms with Gasteiger partial charge in [-0.1, -0.05) is 5.16 Å². The van der Waals surface area contributed by atoms with Crippen LogP contribution in [0.25, 0.3) is 11.0 Å². The molecule has 4 aromatic rings. The first kappa shape index (κ1) is 32.0. The van der Waals surface area contributed by atoms with E-state index in [0.717, 1.165) is 140 Å². The summed E-state index contributed by atoms with van der Waals surface area (Å²) in [5.41, 5.74) is 4.98. The van der Waals surface area contributed by atoms with Gasteiger partial charge in [0.2, 0.25) is 0 Å². The van der Waals surface area contributed by atoms with Crippen molar-refractivity contribution in [3.8, 4) is 0 Å². The molecule has 3 aliphatic rings. The predicted molar refractivity (Wildman–Crippen MR) is 165 cm³/mol. The SMILES string of the molecule is Cc1nc2n(c(=O)c1CC[N+]1(CCc3c(C)nc4n(c3=O)CCCC4)CCC(c3noc4cc(F)ccc34)CC1)CCCC2.[I-]. The second-order valence-electron chi connectivity index (χ2n) is 13.2. The summed E-state index contributed by atoms with van der Waals surface area (Å²) in [7, 11) is 0. The molecule has 7 rings (SSSR count). The molecule has 0 saturated carbocycles. The summed E-state index contributed by atoms with van der Waals surface area (Å²) in [5.74, 6) is 1.72. The Morgan fingerprint density at radius 1 is 0.867 bits per heavy atom. The molecule has 3 aromatic heterocycles. The monoisotopic (exact) mass is 728 g/mol. The summed E-state index contributed by atoms with van der Waals surface area (Å²) < 4.78 is 23.9. The number of piperidine rings is 1. The lowest BCUT2D eigenvalue weighted by molar-refractivity contribution is -0.932. The van der Waals surface area contributed by atoms with E-state index >= 15 is 0 Å². The second-order valence-corrected chi connectivity index (χ2v) is 13.2. The molecule has 0 aliphatic carbocycles. The molecule has 0 bridgehead atoms. The Morgan fingerprint density at radius 2 is 1.42 bits per heavy atom. The first-order chi connectivity index (χ1) is 21.3. The number of benzene rings is 1. The first-order valence-electron chi connectivity index (χ1n) is 16.4. The average Bonchev–Trinajstić information content (AvgIpc) is 3.44. The zero-order valence-electron chi connectivity index (χ0n) is 26.3. The lowest BCUT2D eigenvalue weighted by Gasteiger charge is -2.44. The van der Waals surface area contributed by atoms with E-state index in [0.29, 0.717) is 18.4 Å². The largest absolute Gasteiger partial charge is 1.00 e. The Labute approximate surface area is 279 Å². The highest BCUT2D eigenvalue weighted by Gasteiger charge is 2.37. The van der Waals surface area contributed by atoms with Crippen LogP contribution >= 0.6 is 0 Å². The zero-order chi connectivity index (χ0) is 30.4. The van der Waals surface area contributed by atoms with Crippen LogP contribution in [0.1, 0.15) is 84.3 Å². The Kier molecular flexibility index (Phi) is 9.29. The summed E-state index contributed by atoms with van der Waals surface area (Å²) in [5, 5.41) is 5.25. The number of rotatable bonds is 7. The minimum absolute atomic E-state index is 0. The lowest BCUT2D eigenvalue weighted by atomic mass is 9.89. The van der Waals surface area contributed by atoms with E-state index in [2.05, 4.69) is 5.16 Å². The molecule has 0 radical (unpaired) electrons. The smallest absolute Gasteiger partial charge is 0.257 e. The first-order valence-corrected chi connectivity index (χ1v) is 16.4. The number of quaternary nitrogens is 1. The molecular formula is C34H42FIN6O3. The number of hydrogen-bond acceptors (Lipinski definition) is 6. The van der Waals surface area contributed by atoms with Crippen LogP contribution in [0.5, 0.6) is 0 Å². The number of aromatic nitrogens is 5. The van der Waals surface area contributed by atoms with Crippen LogP contribution in [0.3, 0.4) is 0 Å².